The van der Waals surface area contributed by atoms with E-state index in [1.165, 1.54) is 12.1 Å². The molecule has 1 aromatic carbocycles. The van der Waals surface area contributed by atoms with Gasteiger partial charge in [0.2, 0.25) is 5.91 Å². The molecule has 0 saturated carbocycles. The zero-order valence-electron chi connectivity index (χ0n) is 16.3. The number of carbonyl (C=O) groups is 1. The Morgan fingerprint density at radius 3 is 2.38 bits per heavy atom. The van der Waals surface area contributed by atoms with Crippen molar-refractivity contribution in [2.24, 2.45) is 0 Å². The lowest BCUT2D eigenvalue weighted by molar-refractivity contribution is -0.128. The zero-order valence-corrected chi connectivity index (χ0v) is 16.3. The average Bonchev–Trinajstić information content (AvgIpc) is 2.68. The molecular weight excluding hydrogens is 326 g/mol. The Labute approximate surface area is 157 Å². The normalized spacial score (nSPS) is 21.4. The molecule has 0 spiro atoms. The highest BCUT2D eigenvalue weighted by Gasteiger charge is 2.29. The third kappa shape index (κ3) is 4.58. The van der Waals surface area contributed by atoms with Gasteiger partial charge in [0.15, 0.2) is 0 Å². The molecule has 0 aliphatic carbocycles. The van der Waals surface area contributed by atoms with Crippen LogP contribution in [0.5, 0.6) is 5.75 Å². The average molecular weight is 357 g/mol. The number of carbonyl (C=O) groups excluding carboxylic acids is 1. The van der Waals surface area contributed by atoms with Crippen LogP contribution in [0.25, 0.3) is 0 Å². The van der Waals surface area contributed by atoms with Gasteiger partial charge in [-0.2, -0.15) is 0 Å². The summed E-state index contributed by atoms with van der Waals surface area (Å²) in [6, 6.07) is 8.81. The maximum Gasteiger partial charge on any atom is 0.246 e. The van der Waals surface area contributed by atoms with Gasteiger partial charge in [-0.25, -0.2) is 0 Å². The summed E-state index contributed by atoms with van der Waals surface area (Å²) >= 11 is 0. The first-order valence-corrected chi connectivity index (χ1v) is 9.63. The smallest absolute Gasteiger partial charge is 0.246 e. The van der Waals surface area contributed by atoms with Gasteiger partial charge in [0.1, 0.15) is 5.75 Å². The number of hydrogen-bond donors (Lipinski definition) is 0. The monoisotopic (exact) mass is 357 g/mol. The summed E-state index contributed by atoms with van der Waals surface area (Å²) < 4.78 is 5.24. The highest BCUT2D eigenvalue weighted by atomic mass is 16.5. The number of amides is 1. The molecule has 0 bridgehead atoms. The Morgan fingerprint density at radius 2 is 1.77 bits per heavy atom. The number of allylic oxidation sites excluding steroid dienone is 1. The summed E-state index contributed by atoms with van der Waals surface area (Å²) in [5.41, 5.74) is 2.33. The van der Waals surface area contributed by atoms with E-state index >= 15 is 0 Å². The molecule has 1 aromatic rings. The lowest BCUT2D eigenvalue weighted by Gasteiger charge is -2.43. The van der Waals surface area contributed by atoms with Gasteiger partial charge in [-0.15, -0.1) is 0 Å². The van der Waals surface area contributed by atoms with Gasteiger partial charge in [-0.05, 0) is 51.0 Å². The van der Waals surface area contributed by atoms with Crippen LogP contribution in [-0.2, 0) is 4.79 Å². The highest BCUT2D eigenvalue weighted by Crippen LogP contribution is 2.23. The lowest BCUT2D eigenvalue weighted by Crippen LogP contribution is -2.55. The van der Waals surface area contributed by atoms with E-state index in [9.17, 15) is 4.79 Å². The summed E-state index contributed by atoms with van der Waals surface area (Å²) in [6.45, 7) is 9.91. The quantitative estimate of drug-likeness (QED) is 0.777. The van der Waals surface area contributed by atoms with E-state index < -0.39 is 0 Å². The van der Waals surface area contributed by atoms with Crippen molar-refractivity contribution in [3.8, 4) is 5.75 Å². The third-order valence-electron chi connectivity index (χ3n) is 5.39. The number of methoxy groups -OCH3 is 1. The molecule has 0 aromatic heterocycles. The number of likely N-dealkylation sites (tertiary alicyclic amines) is 1. The molecule has 26 heavy (non-hydrogen) atoms. The van der Waals surface area contributed by atoms with Crippen LogP contribution >= 0.6 is 0 Å². The van der Waals surface area contributed by atoms with Crippen molar-refractivity contribution in [3.63, 3.8) is 0 Å². The summed E-state index contributed by atoms with van der Waals surface area (Å²) in [7, 11) is 1.70. The maximum atomic E-state index is 12.3. The second kappa shape index (κ2) is 8.58. The van der Waals surface area contributed by atoms with Crippen molar-refractivity contribution < 1.29 is 9.53 Å². The van der Waals surface area contributed by atoms with Crippen LogP contribution < -0.4 is 9.64 Å². The predicted molar refractivity (Wildman–Crippen MR) is 106 cm³/mol. The molecule has 0 radical (unpaired) electrons. The van der Waals surface area contributed by atoms with Gasteiger partial charge in [0.05, 0.1) is 7.11 Å². The molecule has 2 heterocycles. The van der Waals surface area contributed by atoms with Crippen molar-refractivity contribution in [1.82, 2.24) is 9.80 Å². The first-order chi connectivity index (χ1) is 12.6. The summed E-state index contributed by atoms with van der Waals surface area (Å²) in [6.07, 6.45) is 4.07. The second-order valence-electron chi connectivity index (χ2n) is 7.52. The largest absolute Gasteiger partial charge is 0.497 e. The van der Waals surface area contributed by atoms with Gasteiger partial charge in [0.25, 0.3) is 0 Å². The summed E-state index contributed by atoms with van der Waals surface area (Å²) in [4.78, 5) is 19.4. The fourth-order valence-corrected chi connectivity index (χ4v) is 3.93. The number of piperidine rings is 1. The molecule has 2 saturated heterocycles. The van der Waals surface area contributed by atoms with Gasteiger partial charge < -0.3 is 14.5 Å². The maximum absolute atomic E-state index is 12.3. The van der Waals surface area contributed by atoms with Gasteiger partial charge in [-0.3, -0.25) is 9.69 Å². The minimum Gasteiger partial charge on any atom is -0.497 e. The fourth-order valence-electron chi connectivity index (χ4n) is 3.93. The topological polar surface area (TPSA) is 36.0 Å². The van der Waals surface area contributed by atoms with E-state index in [4.69, 9.17) is 4.74 Å². The molecule has 5 nitrogen and oxygen atoms in total. The molecule has 1 atom stereocenters. The van der Waals surface area contributed by atoms with Crippen LogP contribution in [0.3, 0.4) is 0 Å². The standard InChI is InChI=1S/C21H31N3O2/c1-17(2)15-21(25)24-10-4-5-19(16-24)23-13-11-22(12-14-23)18-6-8-20(26-3)9-7-18/h6-9,15,19H,4-5,10-14,16H2,1-3H3/t19-/m1/s1. The molecule has 2 aliphatic heterocycles. The van der Waals surface area contributed by atoms with E-state index in [1.54, 1.807) is 13.2 Å². The first-order valence-electron chi connectivity index (χ1n) is 9.63. The summed E-state index contributed by atoms with van der Waals surface area (Å²) in [5, 5.41) is 0. The van der Waals surface area contributed by atoms with Gasteiger partial charge >= 0.3 is 0 Å². The number of nitrogens with zero attached hydrogens (tertiary/aromatic N) is 3. The minimum absolute atomic E-state index is 0.173. The van der Waals surface area contributed by atoms with Crippen molar-refractivity contribution in [1.29, 1.82) is 0 Å². The number of anilines is 1. The van der Waals surface area contributed by atoms with E-state index in [1.807, 2.05) is 30.9 Å². The van der Waals surface area contributed by atoms with Gasteiger partial charge in [0, 0.05) is 57.1 Å². The molecule has 2 fully saturated rings. The Balaban J connectivity index is 1.54. The lowest BCUT2D eigenvalue weighted by atomic mass is 10.0. The van der Waals surface area contributed by atoms with Crippen molar-refractivity contribution in [3.05, 3.63) is 35.9 Å². The molecule has 1 amide bonds. The second-order valence-corrected chi connectivity index (χ2v) is 7.52. The predicted octanol–water partition coefficient (Wildman–Crippen LogP) is 2.77. The van der Waals surface area contributed by atoms with Crippen LogP contribution in [0.2, 0.25) is 0 Å². The molecule has 2 aliphatic rings. The zero-order chi connectivity index (χ0) is 18.5. The Hall–Kier alpha value is -2.01. The SMILES string of the molecule is COc1ccc(N2CCN([C@@H]3CCCN(C(=O)C=C(C)C)C3)CC2)cc1. The first kappa shape index (κ1) is 18.8. The van der Waals surface area contributed by atoms with E-state index in [0.717, 1.165) is 57.0 Å². The van der Waals surface area contributed by atoms with Crippen molar-refractivity contribution in [2.45, 2.75) is 32.7 Å². The Morgan fingerprint density at radius 1 is 1.08 bits per heavy atom. The molecule has 5 heteroatoms. The van der Waals surface area contributed by atoms with Crippen LogP contribution in [-0.4, -0.2) is 68.1 Å². The van der Waals surface area contributed by atoms with Crippen LogP contribution in [0.1, 0.15) is 26.7 Å². The fraction of sp³-hybridized carbons (Fsp3) is 0.571. The summed E-state index contributed by atoms with van der Waals surface area (Å²) in [5.74, 6) is 1.07. The third-order valence-corrected chi connectivity index (χ3v) is 5.39. The van der Waals surface area contributed by atoms with E-state index in [-0.39, 0.29) is 5.91 Å². The van der Waals surface area contributed by atoms with E-state index in [2.05, 4.69) is 21.9 Å². The van der Waals surface area contributed by atoms with Crippen LogP contribution in [0.4, 0.5) is 5.69 Å². The Bertz CT molecular complexity index is 629. The van der Waals surface area contributed by atoms with E-state index in [0.29, 0.717) is 6.04 Å². The van der Waals surface area contributed by atoms with Gasteiger partial charge in [-0.1, -0.05) is 5.57 Å². The van der Waals surface area contributed by atoms with Crippen LogP contribution in [0, 0.1) is 0 Å². The van der Waals surface area contributed by atoms with Crippen molar-refractivity contribution >= 4 is 11.6 Å². The molecule has 3 rings (SSSR count). The molecular formula is C21H31N3O2. The molecule has 0 N–H and O–H groups in total. The number of hydrogen-bond acceptors (Lipinski definition) is 4. The van der Waals surface area contributed by atoms with Crippen LogP contribution in [0.15, 0.2) is 35.9 Å². The number of rotatable bonds is 4. The molecule has 0 unspecified atom stereocenters. The highest BCUT2D eigenvalue weighted by molar-refractivity contribution is 5.88. The number of piperazine rings is 1. The molecule has 142 valence electrons. The number of benzene rings is 1. The minimum atomic E-state index is 0.173. The number of ether oxygens (including phenoxy) is 1. The Kier molecular flexibility index (Phi) is 6.20. The van der Waals surface area contributed by atoms with Crippen molar-refractivity contribution in [2.75, 3.05) is 51.3 Å².